The Bertz CT molecular complexity index is 563. The average molecular weight is 273 g/mol. The van der Waals surface area contributed by atoms with Gasteiger partial charge in [-0.05, 0) is 18.6 Å². The van der Waals surface area contributed by atoms with E-state index in [0.717, 1.165) is 24.3 Å². The summed E-state index contributed by atoms with van der Waals surface area (Å²) in [5, 5.41) is 17.7. The molecule has 0 heterocycles. The van der Waals surface area contributed by atoms with Crippen molar-refractivity contribution in [1.29, 1.82) is 0 Å². The summed E-state index contributed by atoms with van der Waals surface area (Å²) in [6.07, 6.45) is -0.0747. The van der Waals surface area contributed by atoms with E-state index in [4.69, 9.17) is 5.11 Å². The molecule has 0 bridgehead atoms. The standard InChI is InChI=1S/C10H11NO6S/c1-2-9(10(12)13)18(16,17)8-5-3-7(4-6-8)11(14)15/h3-6,9H,2H2,1H3,(H,12,13). The van der Waals surface area contributed by atoms with Gasteiger partial charge in [0.05, 0.1) is 9.82 Å². The van der Waals surface area contributed by atoms with Crippen molar-refractivity contribution < 1.29 is 23.2 Å². The highest BCUT2D eigenvalue weighted by atomic mass is 32.2. The van der Waals surface area contributed by atoms with E-state index in [1.165, 1.54) is 6.92 Å². The Labute approximate surface area is 103 Å². The third kappa shape index (κ3) is 2.65. The second kappa shape index (κ2) is 5.13. The lowest BCUT2D eigenvalue weighted by molar-refractivity contribution is -0.384. The third-order valence-electron chi connectivity index (χ3n) is 2.40. The van der Waals surface area contributed by atoms with Gasteiger partial charge in [0.1, 0.15) is 0 Å². The molecule has 1 rings (SSSR count). The van der Waals surface area contributed by atoms with Crippen LogP contribution in [0.5, 0.6) is 0 Å². The van der Waals surface area contributed by atoms with Gasteiger partial charge in [0.15, 0.2) is 15.1 Å². The molecule has 0 saturated carbocycles. The summed E-state index contributed by atoms with van der Waals surface area (Å²) in [4.78, 5) is 20.4. The summed E-state index contributed by atoms with van der Waals surface area (Å²) >= 11 is 0. The molecule has 1 atom stereocenters. The highest BCUT2D eigenvalue weighted by Gasteiger charge is 2.32. The van der Waals surface area contributed by atoms with Crippen LogP contribution in [0.2, 0.25) is 0 Å². The van der Waals surface area contributed by atoms with Gasteiger partial charge in [-0.3, -0.25) is 14.9 Å². The fourth-order valence-corrected chi connectivity index (χ4v) is 3.00. The number of nitrogens with zero attached hydrogens (tertiary/aromatic N) is 1. The van der Waals surface area contributed by atoms with Crippen molar-refractivity contribution in [3.63, 3.8) is 0 Å². The fraction of sp³-hybridized carbons (Fsp3) is 0.300. The topological polar surface area (TPSA) is 115 Å². The average Bonchev–Trinajstić information content (AvgIpc) is 2.29. The number of nitro groups is 1. The van der Waals surface area contributed by atoms with E-state index in [9.17, 15) is 23.3 Å². The highest BCUT2D eigenvalue weighted by molar-refractivity contribution is 7.92. The molecule has 0 aromatic heterocycles. The van der Waals surface area contributed by atoms with Crippen molar-refractivity contribution in [3.05, 3.63) is 34.4 Å². The normalized spacial score (nSPS) is 12.9. The first-order chi connectivity index (χ1) is 8.30. The van der Waals surface area contributed by atoms with E-state index in [0.29, 0.717) is 0 Å². The number of benzene rings is 1. The molecule has 8 heteroatoms. The van der Waals surface area contributed by atoms with Crippen LogP contribution in [0.15, 0.2) is 29.2 Å². The molecule has 1 aromatic carbocycles. The monoisotopic (exact) mass is 273 g/mol. The predicted molar refractivity (Wildman–Crippen MR) is 62.0 cm³/mol. The molecule has 1 aromatic rings. The van der Waals surface area contributed by atoms with Gasteiger partial charge in [-0.2, -0.15) is 0 Å². The molecule has 0 radical (unpaired) electrons. The van der Waals surface area contributed by atoms with Gasteiger partial charge in [0.2, 0.25) is 0 Å². The summed E-state index contributed by atoms with van der Waals surface area (Å²) in [5.74, 6) is -1.43. The second-order valence-corrected chi connectivity index (χ2v) is 5.66. The zero-order valence-corrected chi connectivity index (χ0v) is 10.3. The first-order valence-corrected chi connectivity index (χ1v) is 6.56. The van der Waals surface area contributed by atoms with E-state index in [1.807, 2.05) is 0 Å². The van der Waals surface area contributed by atoms with Crippen LogP contribution in [0.4, 0.5) is 5.69 Å². The number of carboxylic acids is 1. The SMILES string of the molecule is CCC(C(=O)O)S(=O)(=O)c1ccc([N+](=O)[O-])cc1. The van der Waals surface area contributed by atoms with Crippen LogP contribution in [0.1, 0.15) is 13.3 Å². The Hall–Kier alpha value is -1.96. The van der Waals surface area contributed by atoms with Gasteiger partial charge >= 0.3 is 5.97 Å². The molecule has 0 saturated heterocycles. The minimum Gasteiger partial charge on any atom is -0.480 e. The Morgan fingerprint density at radius 1 is 1.39 bits per heavy atom. The Morgan fingerprint density at radius 3 is 2.22 bits per heavy atom. The first kappa shape index (κ1) is 14.1. The zero-order chi connectivity index (χ0) is 13.9. The number of non-ortho nitro benzene ring substituents is 1. The number of sulfone groups is 1. The summed E-state index contributed by atoms with van der Waals surface area (Å²) in [6, 6.07) is 4.14. The maximum absolute atomic E-state index is 11.9. The summed E-state index contributed by atoms with van der Waals surface area (Å²) < 4.78 is 23.9. The van der Waals surface area contributed by atoms with E-state index >= 15 is 0 Å². The molecule has 1 N–H and O–H groups in total. The number of rotatable bonds is 5. The smallest absolute Gasteiger partial charge is 0.322 e. The Balaban J connectivity index is 3.20. The van der Waals surface area contributed by atoms with Crippen LogP contribution in [0.3, 0.4) is 0 Å². The van der Waals surface area contributed by atoms with E-state index in [1.54, 1.807) is 0 Å². The maximum atomic E-state index is 11.9. The molecular weight excluding hydrogens is 262 g/mol. The molecule has 1 unspecified atom stereocenters. The molecule has 7 nitrogen and oxygen atoms in total. The van der Waals surface area contributed by atoms with Gasteiger partial charge in [0, 0.05) is 12.1 Å². The fourth-order valence-electron chi connectivity index (χ4n) is 1.45. The number of aliphatic carboxylic acids is 1. The minimum absolute atomic E-state index is 0.0747. The Morgan fingerprint density at radius 2 is 1.89 bits per heavy atom. The molecule has 0 aliphatic carbocycles. The van der Waals surface area contributed by atoms with E-state index < -0.39 is 26.0 Å². The van der Waals surface area contributed by atoms with Gasteiger partial charge < -0.3 is 5.11 Å². The number of nitro benzene ring substituents is 1. The lowest BCUT2D eigenvalue weighted by Gasteiger charge is -2.10. The first-order valence-electron chi connectivity index (χ1n) is 5.02. The van der Waals surface area contributed by atoms with Crippen LogP contribution in [0, 0.1) is 10.1 Å². The number of carboxylic acid groups (broad SMARTS) is 1. The summed E-state index contributed by atoms with van der Waals surface area (Å²) in [7, 11) is -4.01. The maximum Gasteiger partial charge on any atom is 0.322 e. The second-order valence-electron chi connectivity index (χ2n) is 3.53. The summed E-state index contributed by atoms with van der Waals surface area (Å²) in [5.41, 5.74) is -0.252. The molecule has 0 aliphatic rings. The predicted octanol–water partition coefficient (Wildman–Crippen LogP) is 1.23. The molecule has 18 heavy (non-hydrogen) atoms. The lowest BCUT2D eigenvalue weighted by Crippen LogP contribution is -2.29. The highest BCUT2D eigenvalue weighted by Crippen LogP contribution is 2.21. The van der Waals surface area contributed by atoms with Crippen molar-refractivity contribution in [2.45, 2.75) is 23.5 Å². The van der Waals surface area contributed by atoms with Gasteiger partial charge in [-0.15, -0.1) is 0 Å². The summed E-state index contributed by atoms with van der Waals surface area (Å²) in [6.45, 7) is 1.45. The number of hydrogen-bond donors (Lipinski definition) is 1. The van der Waals surface area contributed by atoms with Gasteiger partial charge in [-0.25, -0.2) is 8.42 Å². The molecule has 0 amide bonds. The van der Waals surface area contributed by atoms with E-state index in [2.05, 4.69) is 0 Å². The molecule has 0 aliphatic heterocycles. The van der Waals surface area contributed by atoms with Gasteiger partial charge in [0.25, 0.3) is 5.69 Å². The van der Waals surface area contributed by atoms with Crippen LogP contribution in [-0.2, 0) is 14.6 Å². The van der Waals surface area contributed by atoms with Crippen molar-refractivity contribution in [2.24, 2.45) is 0 Å². The molecule has 0 fully saturated rings. The Kier molecular flexibility index (Phi) is 4.02. The lowest BCUT2D eigenvalue weighted by atomic mass is 10.3. The molecule has 98 valence electrons. The largest absolute Gasteiger partial charge is 0.480 e. The van der Waals surface area contributed by atoms with Crippen molar-refractivity contribution in [1.82, 2.24) is 0 Å². The van der Waals surface area contributed by atoms with Crippen LogP contribution >= 0.6 is 0 Å². The van der Waals surface area contributed by atoms with Crippen LogP contribution in [0.25, 0.3) is 0 Å². The molecular formula is C10H11NO6S. The van der Waals surface area contributed by atoms with Gasteiger partial charge in [-0.1, -0.05) is 6.92 Å². The van der Waals surface area contributed by atoms with Crippen LogP contribution < -0.4 is 0 Å². The van der Waals surface area contributed by atoms with Crippen LogP contribution in [-0.4, -0.2) is 29.7 Å². The van der Waals surface area contributed by atoms with Crippen molar-refractivity contribution in [2.75, 3.05) is 0 Å². The third-order valence-corrected chi connectivity index (χ3v) is 4.61. The zero-order valence-electron chi connectivity index (χ0n) is 9.44. The molecule has 0 spiro atoms. The number of hydrogen-bond acceptors (Lipinski definition) is 5. The minimum atomic E-state index is -4.01. The number of carbonyl (C=O) groups is 1. The van der Waals surface area contributed by atoms with E-state index in [-0.39, 0.29) is 17.0 Å². The van der Waals surface area contributed by atoms with Crippen molar-refractivity contribution >= 4 is 21.5 Å². The quantitative estimate of drug-likeness (QED) is 0.637. The van der Waals surface area contributed by atoms with Crippen molar-refractivity contribution in [3.8, 4) is 0 Å².